The van der Waals surface area contributed by atoms with Gasteiger partial charge in [-0.1, -0.05) is 189 Å². The second-order valence-electron chi connectivity index (χ2n) is 20.1. The lowest BCUT2D eigenvalue weighted by atomic mass is 9.67. The number of furan rings is 2. The number of hydrogen-bond donors (Lipinski definition) is 0. The number of aryl methyl sites for hydroxylation is 1. The number of benzene rings is 8. The van der Waals surface area contributed by atoms with E-state index in [0.717, 1.165) is 41.8 Å². The Labute approximate surface area is 386 Å². The van der Waals surface area contributed by atoms with Gasteiger partial charge in [-0.25, -0.2) is 0 Å². The Morgan fingerprint density at radius 1 is 0.485 bits per heavy atom. The van der Waals surface area contributed by atoms with Gasteiger partial charge in [-0.2, -0.15) is 0 Å². The monoisotopic (exact) mass is 854 g/mol. The van der Waals surface area contributed by atoms with Crippen LogP contribution in [0.15, 0.2) is 167 Å². The molecule has 0 radical (unpaired) electrons. The summed E-state index contributed by atoms with van der Waals surface area (Å²) >= 11 is 0. The van der Waals surface area contributed by atoms with Crippen molar-refractivity contribution < 1.29 is 8.83 Å². The number of allylic oxidation sites excluding steroid dienone is 1. The van der Waals surface area contributed by atoms with E-state index >= 15 is 0 Å². The molecule has 0 N–H and O–H groups in total. The van der Waals surface area contributed by atoms with Crippen LogP contribution in [-0.4, -0.2) is 0 Å². The molecule has 2 saturated carbocycles. The van der Waals surface area contributed by atoms with Crippen molar-refractivity contribution in [2.45, 2.75) is 94.3 Å². The maximum absolute atomic E-state index is 7.02. The Balaban J connectivity index is 1.08. The molecule has 2 heterocycles. The molecule has 0 aliphatic heterocycles. The molecular weight excluding hydrogens is 801 g/mol. The molecular formula is C64H54O2. The van der Waals surface area contributed by atoms with E-state index in [1.54, 1.807) is 11.1 Å². The first-order valence-electron chi connectivity index (χ1n) is 25.0. The van der Waals surface area contributed by atoms with E-state index in [0.29, 0.717) is 11.8 Å². The second kappa shape index (κ2) is 15.5. The highest BCUT2D eigenvalue weighted by molar-refractivity contribution is 6.15. The van der Waals surface area contributed by atoms with Crippen LogP contribution in [0, 0.1) is 5.92 Å². The van der Waals surface area contributed by atoms with Gasteiger partial charge in [-0.3, -0.25) is 0 Å². The summed E-state index contributed by atoms with van der Waals surface area (Å²) in [6.07, 6.45) is 18.0. The van der Waals surface area contributed by atoms with Crippen molar-refractivity contribution in [1.82, 2.24) is 0 Å². The van der Waals surface area contributed by atoms with Gasteiger partial charge in [0.1, 0.15) is 22.5 Å². The summed E-state index contributed by atoms with van der Waals surface area (Å²) < 4.78 is 13.9. The Hall–Kier alpha value is -6.64. The van der Waals surface area contributed by atoms with Crippen LogP contribution in [0.25, 0.3) is 66.1 Å². The summed E-state index contributed by atoms with van der Waals surface area (Å²) in [6.45, 7) is 0. The minimum absolute atomic E-state index is 0.0246. The molecule has 66 heavy (non-hydrogen) atoms. The van der Waals surface area contributed by atoms with E-state index in [-0.39, 0.29) is 17.8 Å². The van der Waals surface area contributed by atoms with Crippen LogP contribution in [0.2, 0.25) is 0 Å². The summed E-state index contributed by atoms with van der Waals surface area (Å²) in [5.41, 5.74) is 15.7. The predicted octanol–water partition coefficient (Wildman–Crippen LogP) is 16.8. The SMILES string of the molecule is C1=Cc2c(oc3c(C(c4ccccc4)C4CC(C5CCCC5)=c5ccc6c(C(c7ccccc7)c7cccc8c7oc7ccccc78)cc(C7CCCC7)c7ccc4c5c76)cccc23)CC1. The Bertz CT molecular complexity index is 3590. The maximum atomic E-state index is 7.02. The van der Waals surface area contributed by atoms with Gasteiger partial charge in [0, 0.05) is 51.1 Å². The molecule has 0 saturated heterocycles. The predicted molar refractivity (Wildman–Crippen MR) is 274 cm³/mol. The molecule has 3 unspecified atom stereocenters. The van der Waals surface area contributed by atoms with E-state index in [2.05, 4.69) is 164 Å². The van der Waals surface area contributed by atoms with Gasteiger partial charge < -0.3 is 8.83 Å². The molecule has 8 aromatic carbocycles. The first-order chi connectivity index (χ1) is 32.8. The highest BCUT2D eigenvalue weighted by atomic mass is 16.3. The largest absolute Gasteiger partial charge is 0.460 e. The summed E-state index contributed by atoms with van der Waals surface area (Å²) in [7, 11) is 0. The van der Waals surface area contributed by atoms with Crippen LogP contribution < -0.4 is 5.22 Å². The third-order valence-corrected chi connectivity index (χ3v) is 16.7. The first kappa shape index (κ1) is 38.6. The van der Waals surface area contributed by atoms with E-state index in [1.807, 2.05) is 0 Å². The van der Waals surface area contributed by atoms with Gasteiger partial charge >= 0.3 is 0 Å². The molecule has 3 atom stereocenters. The Kier molecular flexibility index (Phi) is 9.06. The van der Waals surface area contributed by atoms with Crippen LogP contribution in [0.4, 0.5) is 0 Å². The molecule has 0 amide bonds. The molecule has 14 rings (SSSR count). The molecule has 4 aliphatic rings. The highest BCUT2D eigenvalue weighted by Crippen LogP contribution is 2.54. The fraction of sp³-hybridized carbons (Fsp3) is 0.250. The second-order valence-corrected chi connectivity index (χ2v) is 20.1. The number of rotatable bonds is 8. The zero-order valence-electron chi connectivity index (χ0n) is 37.6. The van der Waals surface area contributed by atoms with Gasteiger partial charge in [0.2, 0.25) is 0 Å². The summed E-state index contributed by atoms with van der Waals surface area (Å²) in [6, 6.07) is 58.1. The van der Waals surface area contributed by atoms with Crippen LogP contribution in [0.5, 0.6) is 0 Å². The maximum Gasteiger partial charge on any atom is 0.139 e. The number of para-hydroxylation sites is 3. The lowest BCUT2D eigenvalue weighted by molar-refractivity contribution is 0.530. The third kappa shape index (κ3) is 5.93. The minimum Gasteiger partial charge on any atom is -0.460 e. The van der Waals surface area contributed by atoms with Gasteiger partial charge in [-0.05, 0) is 117 Å². The van der Waals surface area contributed by atoms with Gasteiger partial charge in [-0.15, -0.1) is 0 Å². The van der Waals surface area contributed by atoms with Crippen molar-refractivity contribution in [2.24, 2.45) is 5.92 Å². The average Bonchev–Trinajstić information content (AvgIpc) is 4.23. The number of hydrogen-bond acceptors (Lipinski definition) is 2. The standard InChI is InChI=1S/C64H54O2/c1-3-21-41(22-4-1)59(51-29-15-27-49-43-25-11-13-31-57(43)65-63(49)51)55-37-53(39-17-7-8-18-39)45-34-36-48-56(38-54(40-19-9-10-20-40)46-33-35-47(55)61(45)62(46)48)60(42-23-5-2-6-24-42)52-30-16-28-50-44-26-12-14-32-58(44)66-64(50)52/h1-6,11-13,15-16,21-31,33-37,39-40,56,59-60H,7-10,14,17-20,32,38H2. The zero-order chi connectivity index (χ0) is 43.3. The van der Waals surface area contributed by atoms with Crippen molar-refractivity contribution in [2.75, 3.05) is 0 Å². The van der Waals surface area contributed by atoms with E-state index in [1.165, 1.54) is 133 Å². The molecule has 2 fully saturated rings. The molecule has 2 heteroatoms. The Morgan fingerprint density at radius 3 is 1.98 bits per heavy atom. The van der Waals surface area contributed by atoms with Crippen molar-refractivity contribution >= 4 is 66.1 Å². The lowest BCUT2D eigenvalue weighted by Gasteiger charge is -2.36. The van der Waals surface area contributed by atoms with Crippen LogP contribution >= 0.6 is 0 Å². The van der Waals surface area contributed by atoms with Crippen molar-refractivity contribution in [3.63, 3.8) is 0 Å². The number of fused-ring (bicyclic) bond motifs is 6. The zero-order valence-corrected chi connectivity index (χ0v) is 37.6. The van der Waals surface area contributed by atoms with Crippen LogP contribution in [0.1, 0.15) is 138 Å². The third-order valence-electron chi connectivity index (χ3n) is 16.7. The van der Waals surface area contributed by atoms with Crippen molar-refractivity contribution in [1.29, 1.82) is 0 Å². The minimum atomic E-state index is -0.0246. The summed E-state index contributed by atoms with van der Waals surface area (Å²) in [4.78, 5) is 0. The highest BCUT2D eigenvalue weighted by Gasteiger charge is 2.38. The molecule has 2 nitrogen and oxygen atoms in total. The lowest BCUT2D eigenvalue weighted by Crippen LogP contribution is -2.26. The molecule has 0 spiro atoms. The first-order valence-corrected chi connectivity index (χ1v) is 25.0. The molecule has 322 valence electrons. The van der Waals surface area contributed by atoms with Gasteiger partial charge in [0.25, 0.3) is 0 Å². The fourth-order valence-electron chi connectivity index (χ4n) is 13.8. The summed E-state index contributed by atoms with van der Waals surface area (Å²) in [5, 5.41) is 11.0. The average molecular weight is 855 g/mol. The van der Waals surface area contributed by atoms with Crippen LogP contribution in [0.3, 0.4) is 0 Å². The van der Waals surface area contributed by atoms with Gasteiger partial charge in [0.05, 0.1) is 0 Å². The van der Waals surface area contributed by atoms with E-state index in [4.69, 9.17) is 8.83 Å². The molecule has 2 aromatic heterocycles. The van der Waals surface area contributed by atoms with Crippen molar-refractivity contribution in [3.8, 4) is 0 Å². The van der Waals surface area contributed by atoms with Crippen LogP contribution in [-0.2, 0) is 6.42 Å². The normalized spacial score (nSPS) is 18.7. The van der Waals surface area contributed by atoms with E-state index < -0.39 is 0 Å². The van der Waals surface area contributed by atoms with Crippen molar-refractivity contribution in [3.05, 3.63) is 213 Å². The Morgan fingerprint density at radius 2 is 1.17 bits per heavy atom. The topological polar surface area (TPSA) is 26.3 Å². The summed E-state index contributed by atoms with van der Waals surface area (Å²) in [5.74, 6) is 2.61. The molecule has 0 bridgehead atoms. The van der Waals surface area contributed by atoms with E-state index in [9.17, 15) is 0 Å². The molecule has 10 aromatic rings. The molecule has 4 aliphatic carbocycles. The fourth-order valence-corrected chi connectivity index (χ4v) is 13.8. The quantitative estimate of drug-likeness (QED) is 0.142. The van der Waals surface area contributed by atoms with Gasteiger partial charge in [0.15, 0.2) is 0 Å². The smallest absolute Gasteiger partial charge is 0.139 e.